The van der Waals surface area contributed by atoms with E-state index < -0.39 is 15.8 Å². The van der Waals surface area contributed by atoms with Crippen molar-refractivity contribution in [2.45, 2.75) is 31.7 Å². The normalized spacial score (nSPS) is 12.9. The summed E-state index contributed by atoms with van der Waals surface area (Å²) in [6.45, 7) is 6.43. The first-order valence-electron chi connectivity index (χ1n) is 10.7. The zero-order valence-corrected chi connectivity index (χ0v) is 19.4. The van der Waals surface area contributed by atoms with Crippen LogP contribution in [0.3, 0.4) is 0 Å². The van der Waals surface area contributed by atoms with Gasteiger partial charge in [0, 0.05) is 19.1 Å². The van der Waals surface area contributed by atoms with Gasteiger partial charge >= 0.3 is 0 Å². The standard InChI is InChI=1S/C23H25FN6O2S/c1-4-29(5-2)33(31,32)18-12-10-17(11-13-18)16(3)25-21-14-15-22-26-27-23(30(22)28-21)19-8-6-7-9-20(19)24/h6-16H,4-5H2,1-3H3,(H,25,28). The highest BCUT2D eigenvalue weighted by molar-refractivity contribution is 7.89. The van der Waals surface area contributed by atoms with Crippen molar-refractivity contribution >= 4 is 21.5 Å². The van der Waals surface area contributed by atoms with Gasteiger partial charge in [-0.3, -0.25) is 0 Å². The lowest BCUT2D eigenvalue weighted by molar-refractivity contribution is 0.445. The second-order valence-electron chi connectivity index (χ2n) is 7.52. The zero-order valence-electron chi connectivity index (χ0n) is 18.6. The molecule has 2 aromatic heterocycles. The highest BCUT2D eigenvalue weighted by atomic mass is 32.2. The predicted molar refractivity (Wildman–Crippen MR) is 125 cm³/mol. The van der Waals surface area contributed by atoms with Gasteiger partial charge in [0.05, 0.1) is 10.5 Å². The molecule has 4 rings (SSSR count). The Bertz CT molecular complexity index is 1370. The molecule has 0 spiro atoms. The number of fused-ring (bicyclic) bond motifs is 1. The summed E-state index contributed by atoms with van der Waals surface area (Å²) in [7, 11) is -3.50. The van der Waals surface area contributed by atoms with E-state index in [1.165, 1.54) is 14.9 Å². The van der Waals surface area contributed by atoms with Crippen LogP contribution in [0.15, 0.2) is 65.6 Å². The molecule has 0 saturated carbocycles. The van der Waals surface area contributed by atoms with Crippen molar-refractivity contribution in [3.63, 3.8) is 0 Å². The number of nitrogens with one attached hydrogen (secondary N) is 1. The minimum absolute atomic E-state index is 0.159. The minimum atomic E-state index is -3.50. The van der Waals surface area contributed by atoms with Gasteiger partial charge in [-0.05, 0) is 48.9 Å². The molecule has 8 nitrogen and oxygen atoms in total. The summed E-state index contributed by atoms with van der Waals surface area (Å²) in [6, 6.07) is 16.5. The fourth-order valence-corrected chi connectivity index (χ4v) is 5.08. The Labute approximate surface area is 192 Å². The van der Waals surface area contributed by atoms with Gasteiger partial charge in [0.15, 0.2) is 11.5 Å². The molecule has 0 fully saturated rings. The maximum atomic E-state index is 14.3. The molecule has 1 unspecified atom stereocenters. The van der Waals surface area contributed by atoms with E-state index in [9.17, 15) is 12.8 Å². The van der Waals surface area contributed by atoms with Crippen molar-refractivity contribution in [2.24, 2.45) is 0 Å². The lowest BCUT2D eigenvalue weighted by Gasteiger charge is -2.19. The van der Waals surface area contributed by atoms with E-state index in [-0.39, 0.29) is 10.9 Å². The first kappa shape index (κ1) is 22.8. The molecule has 0 radical (unpaired) electrons. The first-order valence-corrected chi connectivity index (χ1v) is 12.1. The molecule has 2 aromatic carbocycles. The van der Waals surface area contributed by atoms with E-state index in [1.54, 1.807) is 54.6 Å². The van der Waals surface area contributed by atoms with Gasteiger partial charge in [-0.2, -0.15) is 8.82 Å². The molecule has 0 bridgehead atoms. The second kappa shape index (κ2) is 9.24. The summed E-state index contributed by atoms with van der Waals surface area (Å²) in [5.74, 6) is 0.456. The van der Waals surface area contributed by atoms with Crippen LogP contribution < -0.4 is 5.32 Å². The van der Waals surface area contributed by atoms with Crippen molar-refractivity contribution in [2.75, 3.05) is 18.4 Å². The quantitative estimate of drug-likeness (QED) is 0.418. The molecule has 10 heteroatoms. The Morgan fingerprint density at radius 1 is 1.00 bits per heavy atom. The van der Waals surface area contributed by atoms with Gasteiger partial charge in [0.2, 0.25) is 10.0 Å². The maximum Gasteiger partial charge on any atom is 0.243 e. The SMILES string of the molecule is CCN(CC)S(=O)(=O)c1ccc(C(C)Nc2ccc3nnc(-c4ccccc4F)n3n2)cc1. The summed E-state index contributed by atoms with van der Waals surface area (Å²) in [4.78, 5) is 0.265. The zero-order chi connectivity index (χ0) is 23.6. The fraction of sp³-hybridized carbons (Fsp3) is 0.261. The molecule has 4 aromatic rings. The van der Waals surface area contributed by atoms with E-state index in [1.807, 2.05) is 20.8 Å². The van der Waals surface area contributed by atoms with E-state index >= 15 is 0 Å². The van der Waals surface area contributed by atoms with E-state index in [2.05, 4.69) is 20.6 Å². The number of aromatic nitrogens is 4. The number of nitrogens with zero attached hydrogens (tertiary/aromatic N) is 5. The van der Waals surface area contributed by atoms with Crippen molar-refractivity contribution in [1.29, 1.82) is 0 Å². The predicted octanol–water partition coefficient (Wildman–Crippen LogP) is 4.13. The highest BCUT2D eigenvalue weighted by Gasteiger charge is 2.21. The van der Waals surface area contributed by atoms with Crippen LogP contribution in [-0.2, 0) is 10.0 Å². The van der Waals surface area contributed by atoms with Gasteiger partial charge in [0.1, 0.15) is 11.6 Å². The number of rotatable bonds is 8. The molecule has 0 saturated heterocycles. The van der Waals surface area contributed by atoms with E-state index in [0.29, 0.717) is 35.9 Å². The average molecular weight is 469 g/mol. The Hall–Kier alpha value is -3.37. The second-order valence-corrected chi connectivity index (χ2v) is 9.45. The van der Waals surface area contributed by atoms with Crippen LogP contribution in [0.5, 0.6) is 0 Å². The number of anilines is 1. The molecule has 0 aliphatic carbocycles. The molecule has 2 heterocycles. The van der Waals surface area contributed by atoms with Crippen molar-refractivity contribution in [3.8, 4) is 11.4 Å². The monoisotopic (exact) mass is 468 g/mol. The summed E-state index contributed by atoms with van der Waals surface area (Å²) < 4.78 is 42.6. The largest absolute Gasteiger partial charge is 0.362 e. The van der Waals surface area contributed by atoms with E-state index in [0.717, 1.165) is 5.56 Å². The number of hydrogen-bond acceptors (Lipinski definition) is 6. The molecule has 33 heavy (non-hydrogen) atoms. The van der Waals surface area contributed by atoms with Crippen LogP contribution in [0, 0.1) is 5.82 Å². The van der Waals surface area contributed by atoms with Crippen LogP contribution >= 0.6 is 0 Å². The van der Waals surface area contributed by atoms with Crippen molar-refractivity contribution < 1.29 is 12.8 Å². The molecule has 0 amide bonds. The van der Waals surface area contributed by atoms with Gasteiger partial charge in [-0.25, -0.2) is 12.8 Å². The Morgan fingerprint density at radius 3 is 2.36 bits per heavy atom. The molecule has 172 valence electrons. The van der Waals surface area contributed by atoms with Crippen LogP contribution in [0.25, 0.3) is 17.0 Å². The van der Waals surface area contributed by atoms with Crippen molar-refractivity contribution in [1.82, 2.24) is 24.1 Å². The first-order chi connectivity index (χ1) is 15.8. The maximum absolute atomic E-state index is 14.3. The number of sulfonamides is 1. The average Bonchev–Trinajstić information content (AvgIpc) is 3.23. The van der Waals surface area contributed by atoms with Crippen LogP contribution in [0.1, 0.15) is 32.4 Å². The minimum Gasteiger partial charge on any atom is -0.362 e. The Morgan fingerprint density at radius 2 is 1.70 bits per heavy atom. The third-order valence-electron chi connectivity index (χ3n) is 5.47. The smallest absolute Gasteiger partial charge is 0.243 e. The molecule has 1 atom stereocenters. The van der Waals surface area contributed by atoms with Crippen LogP contribution in [0.4, 0.5) is 10.2 Å². The summed E-state index contributed by atoms with van der Waals surface area (Å²) in [6.07, 6.45) is 0. The van der Waals surface area contributed by atoms with Gasteiger partial charge in [-0.15, -0.1) is 15.3 Å². The van der Waals surface area contributed by atoms with E-state index in [4.69, 9.17) is 0 Å². The summed E-state index contributed by atoms with van der Waals surface area (Å²) >= 11 is 0. The molecular formula is C23H25FN6O2S. The number of hydrogen-bond donors (Lipinski definition) is 1. The summed E-state index contributed by atoms with van der Waals surface area (Å²) in [5, 5.41) is 16.0. The topological polar surface area (TPSA) is 92.5 Å². The lowest BCUT2D eigenvalue weighted by atomic mass is 10.1. The van der Waals surface area contributed by atoms with Gasteiger partial charge < -0.3 is 5.32 Å². The fourth-order valence-electron chi connectivity index (χ4n) is 3.62. The Balaban J connectivity index is 1.57. The van der Waals surface area contributed by atoms with Crippen LogP contribution in [0.2, 0.25) is 0 Å². The number of benzene rings is 2. The van der Waals surface area contributed by atoms with Crippen molar-refractivity contribution in [3.05, 3.63) is 72.0 Å². The lowest BCUT2D eigenvalue weighted by Crippen LogP contribution is -2.30. The Kier molecular flexibility index (Phi) is 6.39. The third kappa shape index (κ3) is 4.44. The van der Waals surface area contributed by atoms with Crippen LogP contribution in [-0.4, -0.2) is 45.6 Å². The molecular weight excluding hydrogens is 443 g/mol. The van der Waals surface area contributed by atoms with Gasteiger partial charge in [-0.1, -0.05) is 38.1 Å². The summed E-state index contributed by atoms with van der Waals surface area (Å²) in [5.41, 5.74) is 1.71. The number of halogens is 1. The third-order valence-corrected chi connectivity index (χ3v) is 7.53. The molecule has 0 aliphatic rings. The molecule has 1 N–H and O–H groups in total. The molecule has 0 aliphatic heterocycles. The van der Waals surface area contributed by atoms with Gasteiger partial charge in [0.25, 0.3) is 0 Å². The highest BCUT2D eigenvalue weighted by Crippen LogP contribution is 2.24.